The van der Waals surface area contributed by atoms with Gasteiger partial charge in [-0.25, -0.2) is 4.98 Å². The highest BCUT2D eigenvalue weighted by atomic mass is 15.1. The van der Waals surface area contributed by atoms with Gasteiger partial charge in [0.05, 0.1) is 5.69 Å². The minimum absolute atomic E-state index is 0.563. The fourth-order valence-electron chi connectivity index (χ4n) is 3.71. The van der Waals surface area contributed by atoms with Gasteiger partial charge in [-0.15, -0.1) is 0 Å². The number of hydrogen-bond acceptors (Lipinski definition) is 4. The minimum Gasteiger partial charge on any atom is -0.384 e. The number of nitrogen functional groups attached to an aromatic ring is 1. The summed E-state index contributed by atoms with van der Waals surface area (Å²) in [4.78, 5) is 11.0. The highest BCUT2D eigenvalue weighted by Gasteiger charge is 2.20. The Hall–Kier alpha value is -2.72. The number of nitrogens with two attached hydrogens (primary N) is 1. The molecule has 1 fully saturated rings. The first-order valence-electron chi connectivity index (χ1n) is 9.22. The van der Waals surface area contributed by atoms with Crippen LogP contribution < -0.4 is 5.73 Å². The van der Waals surface area contributed by atoms with Crippen LogP contribution in [-0.4, -0.2) is 28.0 Å². The Bertz CT molecular complexity index is 838. The summed E-state index contributed by atoms with van der Waals surface area (Å²) in [6.07, 6.45) is 6.17. The maximum atomic E-state index is 5.79. The fraction of sp³-hybridized carbons (Fsp3) is 0.273. The Morgan fingerprint density at radius 1 is 0.923 bits per heavy atom. The lowest BCUT2D eigenvalue weighted by molar-refractivity contribution is 0.204. The van der Waals surface area contributed by atoms with Crippen molar-refractivity contribution in [3.63, 3.8) is 0 Å². The van der Waals surface area contributed by atoms with Gasteiger partial charge in [-0.05, 0) is 67.2 Å². The van der Waals surface area contributed by atoms with Crippen molar-refractivity contribution < 1.29 is 0 Å². The van der Waals surface area contributed by atoms with Crippen molar-refractivity contribution in [2.24, 2.45) is 0 Å². The van der Waals surface area contributed by atoms with Crippen molar-refractivity contribution in [1.82, 2.24) is 14.9 Å². The first-order chi connectivity index (χ1) is 12.8. The third-order valence-electron chi connectivity index (χ3n) is 5.19. The molecule has 2 N–H and O–H groups in total. The third-order valence-corrected chi connectivity index (χ3v) is 5.19. The number of pyridine rings is 2. The number of aromatic nitrogens is 2. The van der Waals surface area contributed by atoms with E-state index in [0.29, 0.717) is 11.7 Å². The summed E-state index contributed by atoms with van der Waals surface area (Å²) in [5.74, 6) is 1.21. The summed E-state index contributed by atoms with van der Waals surface area (Å²) in [5.41, 5.74) is 10.6. The molecule has 1 aliphatic rings. The van der Waals surface area contributed by atoms with E-state index in [-0.39, 0.29) is 0 Å². The smallest absolute Gasteiger partial charge is 0.124 e. The highest BCUT2D eigenvalue weighted by Crippen LogP contribution is 2.30. The second kappa shape index (κ2) is 7.67. The Morgan fingerprint density at radius 3 is 2.35 bits per heavy atom. The quantitative estimate of drug-likeness (QED) is 0.774. The van der Waals surface area contributed by atoms with E-state index in [4.69, 9.17) is 5.73 Å². The number of hydrogen-bond donors (Lipinski definition) is 1. The molecule has 26 heavy (non-hydrogen) atoms. The summed E-state index contributed by atoms with van der Waals surface area (Å²) in [5, 5.41) is 0. The number of rotatable bonds is 4. The third kappa shape index (κ3) is 3.92. The molecule has 4 nitrogen and oxygen atoms in total. The molecule has 0 atom stereocenters. The minimum atomic E-state index is 0.563. The molecule has 0 aliphatic carbocycles. The lowest BCUT2D eigenvalue weighted by atomic mass is 9.88. The zero-order valence-corrected chi connectivity index (χ0v) is 14.9. The average molecular weight is 344 g/mol. The van der Waals surface area contributed by atoms with Gasteiger partial charge < -0.3 is 5.73 Å². The molecule has 2 aromatic heterocycles. The molecule has 0 unspecified atom stereocenters. The van der Waals surface area contributed by atoms with Gasteiger partial charge in [-0.1, -0.05) is 30.3 Å². The van der Waals surface area contributed by atoms with E-state index in [0.717, 1.165) is 30.9 Å². The molecule has 1 saturated heterocycles. The van der Waals surface area contributed by atoms with E-state index in [1.54, 1.807) is 0 Å². The van der Waals surface area contributed by atoms with Crippen LogP contribution in [0.5, 0.6) is 0 Å². The van der Waals surface area contributed by atoms with Gasteiger partial charge in [0.2, 0.25) is 0 Å². The van der Waals surface area contributed by atoms with E-state index in [1.165, 1.54) is 24.0 Å². The zero-order valence-electron chi connectivity index (χ0n) is 14.9. The number of likely N-dealkylation sites (tertiary alicyclic amines) is 1. The Morgan fingerprint density at radius 2 is 1.65 bits per heavy atom. The van der Waals surface area contributed by atoms with Gasteiger partial charge in [-0.2, -0.15) is 0 Å². The Kier molecular flexibility index (Phi) is 4.93. The molecule has 132 valence electrons. The van der Waals surface area contributed by atoms with Crippen LogP contribution in [0.25, 0.3) is 11.3 Å². The Balaban J connectivity index is 1.37. The summed E-state index contributed by atoms with van der Waals surface area (Å²) in [6, 6.07) is 18.8. The lowest BCUT2D eigenvalue weighted by Crippen LogP contribution is -2.32. The van der Waals surface area contributed by atoms with Crippen molar-refractivity contribution in [3.8, 4) is 11.3 Å². The summed E-state index contributed by atoms with van der Waals surface area (Å²) >= 11 is 0. The predicted octanol–water partition coefficient (Wildman–Crippen LogP) is 4.11. The summed E-state index contributed by atoms with van der Waals surface area (Å²) in [7, 11) is 0. The second-order valence-electron chi connectivity index (χ2n) is 6.98. The number of nitrogens with zero attached hydrogens (tertiary/aromatic N) is 3. The molecular formula is C22H24N4. The molecule has 0 bridgehead atoms. The van der Waals surface area contributed by atoms with Crippen LogP contribution in [-0.2, 0) is 6.54 Å². The zero-order chi connectivity index (χ0) is 17.8. The van der Waals surface area contributed by atoms with Crippen LogP contribution in [0.2, 0.25) is 0 Å². The SMILES string of the molecule is Nc1cccc(-c2ccc(C3CCN(Cc4ccncc4)CC3)cc2)n1. The molecule has 3 heterocycles. The molecule has 4 rings (SSSR count). The van der Waals surface area contributed by atoms with E-state index >= 15 is 0 Å². The monoisotopic (exact) mass is 344 g/mol. The molecule has 0 amide bonds. The van der Waals surface area contributed by atoms with Crippen LogP contribution in [0.3, 0.4) is 0 Å². The average Bonchev–Trinajstić information content (AvgIpc) is 2.70. The topological polar surface area (TPSA) is 55.0 Å². The molecule has 0 spiro atoms. The van der Waals surface area contributed by atoms with E-state index in [2.05, 4.69) is 51.3 Å². The summed E-state index contributed by atoms with van der Waals surface area (Å²) in [6.45, 7) is 3.31. The number of piperidine rings is 1. The van der Waals surface area contributed by atoms with Crippen LogP contribution in [0.1, 0.15) is 29.9 Å². The van der Waals surface area contributed by atoms with Crippen molar-refractivity contribution in [2.75, 3.05) is 18.8 Å². The maximum absolute atomic E-state index is 5.79. The molecule has 1 aromatic carbocycles. The molecule has 0 saturated carbocycles. The molecule has 3 aromatic rings. The maximum Gasteiger partial charge on any atom is 0.124 e. The molecule has 1 aliphatic heterocycles. The fourth-order valence-corrected chi connectivity index (χ4v) is 3.71. The number of anilines is 1. The van der Waals surface area contributed by atoms with Gasteiger partial charge in [0.15, 0.2) is 0 Å². The normalized spacial score (nSPS) is 15.8. The standard InChI is InChI=1S/C22H24N4/c23-22-3-1-2-21(25-22)20-6-4-18(5-7-20)19-10-14-26(15-11-19)16-17-8-12-24-13-9-17/h1-9,12-13,19H,10-11,14-16H2,(H2,23,25). The lowest BCUT2D eigenvalue weighted by Gasteiger charge is -2.32. The van der Waals surface area contributed by atoms with Gasteiger partial charge in [0.25, 0.3) is 0 Å². The van der Waals surface area contributed by atoms with Crippen molar-refractivity contribution in [3.05, 3.63) is 78.1 Å². The highest BCUT2D eigenvalue weighted by molar-refractivity contribution is 5.61. The van der Waals surface area contributed by atoms with E-state index in [9.17, 15) is 0 Å². The van der Waals surface area contributed by atoms with Crippen LogP contribution in [0.15, 0.2) is 67.0 Å². The molecule has 0 radical (unpaired) electrons. The van der Waals surface area contributed by atoms with Crippen LogP contribution in [0.4, 0.5) is 5.82 Å². The first-order valence-corrected chi connectivity index (χ1v) is 9.22. The van der Waals surface area contributed by atoms with Gasteiger partial charge in [-0.3, -0.25) is 9.88 Å². The predicted molar refractivity (Wildman–Crippen MR) is 106 cm³/mol. The largest absolute Gasteiger partial charge is 0.384 e. The van der Waals surface area contributed by atoms with Crippen LogP contribution in [0, 0.1) is 0 Å². The van der Waals surface area contributed by atoms with Gasteiger partial charge in [0, 0.05) is 24.5 Å². The second-order valence-corrected chi connectivity index (χ2v) is 6.98. The van der Waals surface area contributed by atoms with E-state index < -0.39 is 0 Å². The first kappa shape index (κ1) is 16.7. The Labute approximate surface area is 154 Å². The molecule has 4 heteroatoms. The van der Waals surface area contributed by atoms with Gasteiger partial charge in [0.1, 0.15) is 5.82 Å². The van der Waals surface area contributed by atoms with Gasteiger partial charge >= 0.3 is 0 Å². The van der Waals surface area contributed by atoms with E-state index in [1.807, 2.05) is 30.6 Å². The van der Waals surface area contributed by atoms with Crippen LogP contribution >= 0.6 is 0 Å². The van der Waals surface area contributed by atoms with Crippen molar-refractivity contribution >= 4 is 5.82 Å². The summed E-state index contributed by atoms with van der Waals surface area (Å²) < 4.78 is 0. The number of benzene rings is 1. The van der Waals surface area contributed by atoms with Crippen molar-refractivity contribution in [1.29, 1.82) is 0 Å². The molecular weight excluding hydrogens is 320 g/mol. The van der Waals surface area contributed by atoms with Crippen molar-refractivity contribution in [2.45, 2.75) is 25.3 Å².